The van der Waals surface area contributed by atoms with Crippen molar-refractivity contribution in [2.75, 3.05) is 5.32 Å². The van der Waals surface area contributed by atoms with Crippen LogP contribution in [0.15, 0.2) is 54.7 Å². The van der Waals surface area contributed by atoms with E-state index in [1.807, 2.05) is 0 Å². The van der Waals surface area contributed by atoms with Gasteiger partial charge in [-0.2, -0.15) is 0 Å². The Labute approximate surface area is 130 Å². The summed E-state index contributed by atoms with van der Waals surface area (Å²) >= 11 is 0. The number of carbonyl (C=O) groups is 1. The molecule has 0 aliphatic carbocycles. The van der Waals surface area contributed by atoms with Crippen molar-refractivity contribution in [1.82, 2.24) is 4.98 Å². The molecular weight excluding hydrogens is 296 g/mol. The molecule has 1 aromatic heterocycles. The molecule has 3 rings (SSSR count). The maximum atomic E-state index is 11.5. The number of nitro groups is 1. The number of primary amides is 1. The van der Waals surface area contributed by atoms with Crippen molar-refractivity contribution in [2.45, 2.75) is 0 Å². The zero-order chi connectivity index (χ0) is 16.4. The van der Waals surface area contributed by atoms with Crippen molar-refractivity contribution in [3.8, 4) is 0 Å². The first kappa shape index (κ1) is 14.5. The number of nitrogens with one attached hydrogen (secondary N) is 1. The molecule has 114 valence electrons. The van der Waals surface area contributed by atoms with E-state index in [4.69, 9.17) is 5.73 Å². The van der Waals surface area contributed by atoms with Crippen LogP contribution in [0.2, 0.25) is 0 Å². The summed E-state index contributed by atoms with van der Waals surface area (Å²) in [6.07, 6.45) is 1.59. The molecule has 1 heterocycles. The second-order valence-corrected chi connectivity index (χ2v) is 4.85. The normalized spacial score (nSPS) is 10.4. The molecule has 1 amide bonds. The van der Waals surface area contributed by atoms with Crippen LogP contribution in [0.5, 0.6) is 0 Å². The topological polar surface area (TPSA) is 111 Å². The van der Waals surface area contributed by atoms with E-state index < -0.39 is 10.8 Å². The molecule has 7 nitrogen and oxygen atoms in total. The second-order valence-electron chi connectivity index (χ2n) is 4.85. The van der Waals surface area contributed by atoms with Crippen LogP contribution < -0.4 is 11.1 Å². The lowest BCUT2D eigenvalue weighted by atomic mass is 10.1. The maximum absolute atomic E-state index is 11.5. The van der Waals surface area contributed by atoms with Gasteiger partial charge < -0.3 is 11.1 Å². The highest BCUT2D eigenvalue weighted by Gasteiger charge is 2.12. The highest BCUT2D eigenvalue weighted by molar-refractivity contribution is 6.01. The number of hydrogen-bond acceptors (Lipinski definition) is 5. The first-order valence-electron chi connectivity index (χ1n) is 6.75. The predicted octanol–water partition coefficient (Wildman–Crippen LogP) is 2.99. The molecule has 0 bridgehead atoms. The van der Waals surface area contributed by atoms with Crippen LogP contribution >= 0.6 is 0 Å². The Kier molecular flexibility index (Phi) is 3.60. The van der Waals surface area contributed by atoms with E-state index >= 15 is 0 Å². The number of anilines is 2. The van der Waals surface area contributed by atoms with Crippen LogP contribution in [0.25, 0.3) is 10.9 Å². The molecule has 0 saturated heterocycles. The number of para-hydroxylation sites is 1. The maximum Gasteiger partial charge on any atom is 0.270 e. The van der Waals surface area contributed by atoms with Crippen molar-refractivity contribution in [3.05, 3.63) is 70.4 Å². The fraction of sp³-hybridized carbons (Fsp3) is 0. The Bertz CT molecular complexity index is 924. The summed E-state index contributed by atoms with van der Waals surface area (Å²) in [7, 11) is 0. The van der Waals surface area contributed by atoms with Gasteiger partial charge in [-0.3, -0.25) is 19.9 Å². The molecule has 0 fully saturated rings. The summed E-state index contributed by atoms with van der Waals surface area (Å²) < 4.78 is 0. The minimum absolute atomic E-state index is 0.0308. The zero-order valence-electron chi connectivity index (χ0n) is 11.9. The predicted molar refractivity (Wildman–Crippen MR) is 86.6 cm³/mol. The van der Waals surface area contributed by atoms with Gasteiger partial charge in [0.1, 0.15) is 0 Å². The molecule has 7 heteroatoms. The molecule has 3 aromatic rings. The lowest BCUT2D eigenvalue weighted by Crippen LogP contribution is -2.13. The van der Waals surface area contributed by atoms with E-state index in [1.54, 1.807) is 42.6 Å². The van der Waals surface area contributed by atoms with Gasteiger partial charge in [0, 0.05) is 29.4 Å². The number of nitrogens with two attached hydrogens (primary N) is 1. The average molecular weight is 308 g/mol. The number of fused-ring (bicyclic) bond motifs is 1. The number of rotatable bonds is 4. The number of nitro benzene ring substituents is 1. The smallest absolute Gasteiger partial charge is 0.270 e. The van der Waals surface area contributed by atoms with Gasteiger partial charge in [-0.25, -0.2) is 0 Å². The van der Waals surface area contributed by atoms with Gasteiger partial charge in [-0.15, -0.1) is 0 Å². The lowest BCUT2D eigenvalue weighted by Gasteiger charge is -2.12. The molecule has 0 aliphatic rings. The van der Waals surface area contributed by atoms with Crippen LogP contribution in [0.4, 0.5) is 17.1 Å². The second kappa shape index (κ2) is 5.72. The van der Waals surface area contributed by atoms with E-state index in [-0.39, 0.29) is 5.69 Å². The van der Waals surface area contributed by atoms with Gasteiger partial charge in [0.15, 0.2) is 0 Å². The Morgan fingerprint density at radius 1 is 1.13 bits per heavy atom. The molecule has 0 spiro atoms. The van der Waals surface area contributed by atoms with Crippen LogP contribution in [-0.4, -0.2) is 15.8 Å². The first-order chi connectivity index (χ1) is 11.1. The summed E-state index contributed by atoms with van der Waals surface area (Å²) in [6.45, 7) is 0. The molecule has 0 unspecified atom stereocenters. The number of non-ortho nitro benzene ring substituents is 1. The molecular formula is C16H12N4O3. The van der Waals surface area contributed by atoms with Gasteiger partial charge in [0.05, 0.1) is 21.7 Å². The molecule has 23 heavy (non-hydrogen) atoms. The van der Waals surface area contributed by atoms with Crippen molar-refractivity contribution >= 4 is 33.9 Å². The van der Waals surface area contributed by atoms with E-state index in [1.165, 1.54) is 12.1 Å². The Balaban J connectivity index is 2.12. The summed E-state index contributed by atoms with van der Waals surface area (Å²) in [4.78, 5) is 26.2. The van der Waals surface area contributed by atoms with Crippen LogP contribution in [-0.2, 0) is 0 Å². The summed E-state index contributed by atoms with van der Waals surface area (Å²) in [5.41, 5.74) is 7.41. The van der Waals surface area contributed by atoms with E-state index in [0.29, 0.717) is 27.8 Å². The van der Waals surface area contributed by atoms with Crippen molar-refractivity contribution < 1.29 is 9.72 Å². The van der Waals surface area contributed by atoms with Crippen molar-refractivity contribution in [1.29, 1.82) is 0 Å². The minimum atomic E-state index is -0.558. The third-order valence-electron chi connectivity index (χ3n) is 3.40. The average Bonchev–Trinajstić information content (AvgIpc) is 2.55. The fourth-order valence-corrected chi connectivity index (χ4v) is 2.31. The number of benzene rings is 2. The fourth-order valence-electron chi connectivity index (χ4n) is 2.31. The van der Waals surface area contributed by atoms with Crippen LogP contribution in [0, 0.1) is 10.1 Å². The zero-order valence-corrected chi connectivity index (χ0v) is 11.9. The first-order valence-corrected chi connectivity index (χ1v) is 6.75. The third kappa shape index (κ3) is 2.80. The lowest BCUT2D eigenvalue weighted by molar-refractivity contribution is -0.384. The Hall–Kier alpha value is -3.48. The molecule has 0 radical (unpaired) electrons. The summed E-state index contributed by atoms with van der Waals surface area (Å²) in [5.74, 6) is -0.558. The van der Waals surface area contributed by atoms with E-state index in [2.05, 4.69) is 10.3 Å². The highest BCUT2D eigenvalue weighted by atomic mass is 16.6. The Morgan fingerprint density at radius 2 is 1.91 bits per heavy atom. The van der Waals surface area contributed by atoms with E-state index in [9.17, 15) is 14.9 Å². The SMILES string of the molecule is NC(=O)c1ccccc1Nc1ccnc2ccc([N+](=O)[O-])cc12. The third-order valence-corrected chi connectivity index (χ3v) is 3.40. The number of aromatic nitrogens is 1. The Morgan fingerprint density at radius 3 is 2.65 bits per heavy atom. The number of nitrogens with zero attached hydrogens (tertiary/aromatic N) is 2. The molecule has 3 N–H and O–H groups in total. The summed E-state index contributed by atoms with van der Waals surface area (Å²) in [5, 5.41) is 14.6. The van der Waals surface area contributed by atoms with E-state index in [0.717, 1.165) is 0 Å². The van der Waals surface area contributed by atoms with Crippen molar-refractivity contribution in [2.24, 2.45) is 5.73 Å². The quantitative estimate of drug-likeness (QED) is 0.568. The molecule has 0 atom stereocenters. The van der Waals surface area contributed by atoms with Gasteiger partial charge >= 0.3 is 0 Å². The van der Waals surface area contributed by atoms with Crippen LogP contribution in [0.1, 0.15) is 10.4 Å². The molecule has 0 aliphatic heterocycles. The number of amides is 1. The minimum Gasteiger partial charge on any atom is -0.366 e. The molecule has 2 aromatic carbocycles. The standard InChI is InChI=1S/C16H12N4O3/c17-16(21)11-3-1-2-4-14(11)19-15-7-8-18-13-6-5-10(20(22)23)9-12(13)15/h1-9H,(H2,17,21)(H,18,19). The van der Waals surface area contributed by atoms with Gasteiger partial charge in [0.2, 0.25) is 0 Å². The number of carbonyl (C=O) groups excluding carboxylic acids is 1. The number of pyridine rings is 1. The summed E-state index contributed by atoms with van der Waals surface area (Å²) in [6, 6.07) is 12.9. The van der Waals surface area contributed by atoms with Crippen LogP contribution in [0.3, 0.4) is 0 Å². The molecule has 0 saturated carbocycles. The van der Waals surface area contributed by atoms with Gasteiger partial charge in [-0.1, -0.05) is 12.1 Å². The van der Waals surface area contributed by atoms with Crippen molar-refractivity contribution in [3.63, 3.8) is 0 Å². The van der Waals surface area contributed by atoms with Gasteiger partial charge in [0.25, 0.3) is 11.6 Å². The monoisotopic (exact) mass is 308 g/mol. The van der Waals surface area contributed by atoms with Gasteiger partial charge in [-0.05, 0) is 24.3 Å². The highest BCUT2D eigenvalue weighted by Crippen LogP contribution is 2.29. The number of hydrogen-bond donors (Lipinski definition) is 2. The largest absolute Gasteiger partial charge is 0.366 e.